The van der Waals surface area contributed by atoms with Crippen molar-refractivity contribution < 1.29 is 37.6 Å². The molecule has 0 spiro atoms. The summed E-state index contributed by atoms with van der Waals surface area (Å²) in [6.45, 7) is 3.64. The molecule has 10 heteroatoms. The molecule has 0 radical (unpaired) electrons. The minimum absolute atomic E-state index is 0.0443. The molecule has 0 aromatic rings. The van der Waals surface area contributed by atoms with Crippen LogP contribution in [0.5, 0.6) is 0 Å². The van der Waals surface area contributed by atoms with Gasteiger partial charge in [0.15, 0.2) is 6.10 Å². The normalized spacial score (nSPS) is 13.8. The van der Waals surface area contributed by atoms with Crippen LogP contribution in [0, 0.1) is 0 Å². The summed E-state index contributed by atoms with van der Waals surface area (Å²) in [6, 6.07) is 0. The van der Waals surface area contributed by atoms with Crippen LogP contribution in [0.3, 0.4) is 0 Å². The van der Waals surface area contributed by atoms with Gasteiger partial charge < -0.3 is 20.1 Å². The number of phosphoric ester groups is 1. The van der Waals surface area contributed by atoms with E-state index in [9.17, 15) is 19.0 Å². The van der Waals surface area contributed by atoms with E-state index in [4.69, 9.17) is 24.3 Å². The van der Waals surface area contributed by atoms with Crippen LogP contribution < -0.4 is 5.73 Å². The van der Waals surface area contributed by atoms with Crippen LogP contribution in [0.25, 0.3) is 0 Å². The maximum absolute atomic E-state index is 12.5. The lowest BCUT2D eigenvalue weighted by Gasteiger charge is -2.19. The Bertz CT molecular complexity index is 1010. The van der Waals surface area contributed by atoms with Gasteiger partial charge in [-0.1, -0.05) is 165 Å². The molecule has 0 aliphatic carbocycles. The van der Waals surface area contributed by atoms with Gasteiger partial charge in [0.05, 0.1) is 13.2 Å². The van der Waals surface area contributed by atoms with Crippen LogP contribution in [0.4, 0.5) is 0 Å². The molecule has 0 heterocycles. The molecule has 0 aromatic carbocycles. The number of carbonyl (C=O) groups is 2. The number of allylic oxidation sites excluding steroid dienone is 8. The fraction of sp³-hybridized carbons (Fsp3) is 0.767. The highest BCUT2D eigenvalue weighted by molar-refractivity contribution is 7.47. The smallest absolute Gasteiger partial charge is 0.462 e. The molecule has 1 unspecified atom stereocenters. The fourth-order valence-electron chi connectivity index (χ4n) is 5.57. The third-order valence-corrected chi connectivity index (χ3v) is 9.70. The molecule has 308 valence electrons. The molecule has 0 aromatic heterocycles. The van der Waals surface area contributed by atoms with Gasteiger partial charge in [0.2, 0.25) is 0 Å². The van der Waals surface area contributed by atoms with Crippen LogP contribution in [0.15, 0.2) is 48.6 Å². The SMILES string of the molecule is CCCCC/C=C\C/C=C\C/C=C\C/C=C\CCCC(=O)O[C@@H](COC(=O)CCCCCCCCCCCCCCCCC)COP(=O)(O)OCCN. The molecule has 0 rings (SSSR count). The number of esters is 2. The minimum Gasteiger partial charge on any atom is -0.462 e. The van der Waals surface area contributed by atoms with Gasteiger partial charge in [-0.25, -0.2) is 4.57 Å². The Morgan fingerprint density at radius 1 is 0.566 bits per heavy atom. The van der Waals surface area contributed by atoms with E-state index >= 15 is 0 Å². The second kappa shape index (κ2) is 39.7. The summed E-state index contributed by atoms with van der Waals surface area (Å²) in [5.41, 5.74) is 5.34. The first-order valence-corrected chi connectivity index (χ1v) is 22.6. The molecular formula is C43H78NO8P. The average molecular weight is 768 g/mol. The van der Waals surface area contributed by atoms with Crippen molar-refractivity contribution >= 4 is 19.8 Å². The third kappa shape index (κ3) is 39.5. The molecule has 9 nitrogen and oxygen atoms in total. The van der Waals surface area contributed by atoms with Crippen molar-refractivity contribution in [2.75, 3.05) is 26.4 Å². The van der Waals surface area contributed by atoms with Gasteiger partial charge in [-0.2, -0.15) is 0 Å². The summed E-state index contributed by atoms with van der Waals surface area (Å²) < 4.78 is 32.7. The Balaban J connectivity index is 4.26. The number of carbonyl (C=O) groups excluding carboxylic acids is 2. The predicted octanol–water partition coefficient (Wildman–Crippen LogP) is 11.9. The highest BCUT2D eigenvalue weighted by Gasteiger charge is 2.25. The molecule has 0 amide bonds. The Labute approximate surface area is 324 Å². The molecule has 53 heavy (non-hydrogen) atoms. The Morgan fingerprint density at radius 2 is 1.00 bits per heavy atom. The van der Waals surface area contributed by atoms with Crippen molar-refractivity contribution in [1.29, 1.82) is 0 Å². The zero-order chi connectivity index (χ0) is 38.9. The van der Waals surface area contributed by atoms with Crippen LogP contribution in [0.2, 0.25) is 0 Å². The van der Waals surface area contributed by atoms with Crippen LogP contribution in [-0.4, -0.2) is 49.3 Å². The lowest BCUT2D eigenvalue weighted by molar-refractivity contribution is -0.161. The Morgan fingerprint density at radius 3 is 1.51 bits per heavy atom. The van der Waals surface area contributed by atoms with E-state index in [1.165, 1.54) is 103 Å². The van der Waals surface area contributed by atoms with Crippen LogP contribution in [0.1, 0.15) is 181 Å². The second-order valence-corrected chi connectivity index (χ2v) is 15.3. The summed E-state index contributed by atoms with van der Waals surface area (Å²) in [6.07, 6.45) is 44.3. The molecule has 3 N–H and O–H groups in total. The number of unbranched alkanes of at least 4 members (excludes halogenated alkanes) is 18. The first kappa shape index (κ1) is 51.0. The zero-order valence-electron chi connectivity index (χ0n) is 33.7. The largest absolute Gasteiger partial charge is 0.472 e. The first-order chi connectivity index (χ1) is 25.8. The number of rotatable bonds is 39. The maximum Gasteiger partial charge on any atom is 0.472 e. The van der Waals surface area contributed by atoms with E-state index in [0.717, 1.165) is 38.5 Å². The maximum atomic E-state index is 12.5. The topological polar surface area (TPSA) is 134 Å². The molecule has 0 saturated carbocycles. The van der Waals surface area contributed by atoms with Gasteiger partial charge in [-0.05, 0) is 51.4 Å². The van der Waals surface area contributed by atoms with Gasteiger partial charge >= 0.3 is 19.8 Å². The summed E-state index contributed by atoms with van der Waals surface area (Å²) in [4.78, 5) is 34.8. The monoisotopic (exact) mass is 768 g/mol. The summed E-state index contributed by atoms with van der Waals surface area (Å²) in [5, 5.41) is 0. The van der Waals surface area contributed by atoms with E-state index in [1.807, 2.05) is 6.08 Å². The Kier molecular flexibility index (Phi) is 38.1. The summed E-state index contributed by atoms with van der Waals surface area (Å²) >= 11 is 0. The van der Waals surface area contributed by atoms with E-state index in [-0.39, 0.29) is 32.6 Å². The molecule has 0 fully saturated rings. The van der Waals surface area contributed by atoms with Gasteiger partial charge in [0, 0.05) is 19.4 Å². The highest BCUT2D eigenvalue weighted by Crippen LogP contribution is 2.43. The molecule has 0 aliphatic heterocycles. The molecule has 0 saturated heterocycles. The minimum atomic E-state index is -4.39. The average Bonchev–Trinajstić information content (AvgIpc) is 3.14. The third-order valence-electron chi connectivity index (χ3n) is 8.72. The van der Waals surface area contributed by atoms with Crippen molar-refractivity contribution in [3.8, 4) is 0 Å². The molecule has 0 bridgehead atoms. The molecular weight excluding hydrogens is 689 g/mol. The van der Waals surface area contributed by atoms with Crippen molar-refractivity contribution in [3.63, 3.8) is 0 Å². The van der Waals surface area contributed by atoms with Crippen molar-refractivity contribution in [2.45, 2.75) is 187 Å². The quantitative estimate of drug-likeness (QED) is 0.0271. The Hall–Kier alpha value is -2.03. The number of nitrogens with two attached hydrogens (primary N) is 1. The zero-order valence-corrected chi connectivity index (χ0v) is 34.6. The molecule has 2 atom stereocenters. The van der Waals surface area contributed by atoms with Gasteiger partial charge in [-0.15, -0.1) is 0 Å². The summed E-state index contributed by atoms with van der Waals surface area (Å²) in [5.74, 6) is -0.892. The number of hydrogen-bond acceptors (Lipinski definition) is 8. The second-order valence-electron chi connectivity index (χ2n) is 13.9. The van der Waals surface area contributed by atoms with Gasteiger partial charge in [-0.3, -0.25) is 18.6 Å². The van der Waals surface area contributed by atoms with E-state index in [1.54, 1.807) is 0 Å². The van der Waals surface area contributed by atoms with Crippen LogP contribution >= 0.6 is 7.82 Å². The van der Waals surface area contributed by atoms with E-state index in [0.29, 0.717) is 12.8 Å². The fourth-order valence-corrected chi connectivity index (χ4v) is 6.33. The number of ether oxygens (including phenoxy) is 2. The van der Waals surface area contributed by atoms with E-state index < -0.39 is 32.5 Å². The number of hydrogen-bond donors (Lipinski definition) is 2. The lowest BCUT2D eigenvalue weighted by atomic mass is 10.0. The van der Waals surface area contributed by atoms with Gasteiger partial charge in [0.25, 0.3) is 0 Å². The van der Waals surface area contributed by atoms with Crippen molar-refractivity contribution in [2.24, 2.45) is 5.73 Å². The van der Waals surface area contributed by atoms with Crippen molar-refractivity contribution in [3.05, 3.63) is 48.6 Å². The number of phosphoric acid groups is 1. The first-order valence-electron chi connectivity index (χ1n) is 21.1. The van der Waals surface area contributed by atoms with E-state index in [2.05, 4.69) is 56.4 Å². The predicted molar refractivity (Wildman–Crippen MR) is 220 cm³/mol. The lowest BCUT2D eigenvalue weighted by Crippen LogP contribution is -2.29. The standard InChI is InChI=1S/C43H78NO8P/c1-3-5-7-9-11-13-15-17-19-20-22-24-26-28-30-32-34-36-43(46)52-41(40-51-53(47,48)50-38-37-44)39-49-42(45)35-33-31-29-27-25-23-21-18-16-14-12-10-8-6-4-2/h11,13,17,19,22,24,28,30,41H,3-10,12,14-16,18,20-21,23,25-27,29,31-40,44H2,1-2H3,(H,47,48)/b13-11-,19-17-,24-22-,30-28-/t41-/m0/s1. The highest BCUT2D eigenvalue weighted by atomic mass is 31.2. The van der Waals surface area contributed by atoms with Crippen LogP contribution in [-0.2, 0) is 32.7 Å². The summed E-state index contributed by atoms with van der Waals surface area (Å²) in [7, 11) is -4.39. The van der Waals surface area contributed by atoms with Gasteiger partial charge in [0.1, 0.15) is 6.61 Å². The van der Waals surface area contributed by atoms with Crippen molar-refractivity contribution in [1.82, 2.24) is 0 Å². The molecule has 0 aliphatic rings.